The number of nitrogens with one attached hydrogen (secondary N) is 3. The number of nitrogens with two attached hydrogens (primary N) is 1. The Bertz CT molecular complexity index is 4180. The zero-order chi connectivity index (χ0) is 71.9. The lowest BCUT2D eigenvalue weighted by atomic mass is 9.92. The second-order valence-electron chi connectivity index (χ2n) is 29.5. The number of benzene rings is 3. The molecule has 4 amide bonds. The average Bonchev–Trinajstić information content (AvgIpc) is 1.62. The summed E-state index contributed by atoms with van der Waals surface area (Å²) in [4.78, 5) is 90.2. The van der Waals surface area contributed by atoms with Gasteiger partial charge in [-0.25, -0.2) is 41.3 Å². The minimum absolute atomic E-state index is 0.152. The Hall–Kier alpha value is -8.87. The van der Waals surface area contributed by atoms with Crippen LogP contribution in [0.4, 0.5) is 78.7 Å². The molecule has 9 aliphatic rings. The summed E-state index contributed by atoms with van der Waals surface area (Å²) in [5.74, 6) is -7.37. The molecular weight excluding hydrogens is 1380 g/mol. The fraction of sp³-hybridized carbons (Fsp3) is 0.527. The number of aromatic nitrogens is 6. The molecule has 6 aliphatic heterocycles. The van der Waals surface area contributed by atoms with Gasteiger partial charge in [-0.15, -0.1) is 0 Å². The summed E-state index contributed by atoms with van der Waals surface area (Å²) in [7, 11) is 0. The molecule has 9 fully saturated rings. The van der Waals surface area contributed by atoms with Crippen LogP contribution in [0.1, 0.15) is 180 Å². The lowest BCUT2D eigenvalue weighted by Crippen LogP contribution is -2.40. The minimum atomic E-state index is -2.67. The second kappa shape index (κ2) is 28.8. The van der Waals surface area contributed by atoms with Crippen LogP contribution in [0.25, 0.3) is 0 Å². The predicted molar refractivity (Wildman–Crippen MR) is 383 cm³/mol. The summed E-state index contributed by atoms with van der Waals surface area (Å²) >= 11 is 3.55. The van der Waals surface area contributed by atoms with Crippen molar-refractivity contribution in [2.45, 2.75) is 154 Å². The van der Waals surface area contributed by atoms with Crippen LogP contribution in [0.15, 0.2) is 77.3 Å². The van der Waals surface area contributed by atoms with E-state index >= 15 is 0 Å². The SMILES string of the molecule is Cc1cc(NC(=O)c2ccc(Br)cc2N2CCC3(CC2)CC3)nc(N2CCC(F)(F)CC2)n1.Cc1cc(NC(=O)c2ccc(C#N)cc2N2CCC3(CC2)CC3)nc(N2CCC(F)(F)CC2)n1.Cc1cc(NC(=O)c2ccc(C(N)=O)cc2N2CCC3(CC2)CC3)nc(N2CCC(F)(F)CC2)n1. The molecule has 3 spiro atoms. The first-order chi connectivity index (χ1) is 48.6. The van der Waals surface area contributed by atoms with Gasteiger partial charge in [0, 0.05) is 162 Å². The molecule has 102 heavy (non-hydrogen) atoms. The third-order valence-electron chi connectivity index (χ3n) is 22.1. The largest absolute Gasteiger partial charge is 0.371 e. The number of carbonyl (C=O) groups is 4. The van der Waals surface area contributed by atoms with E-state index in [1.165, 1.54) is 51.4 Å². The molecule has 28 heteroatoms. The number of amides is 4. The lowest BCUT2D eigenvalue weighted by Gasteiger charge is -2.35. The van der Waals surface area contributed by atoms with Crippen LogP contribution in [-0.4, -0.2) is 150 Å². The van der Waals surface area contributed by atoms with Crippen molar-refractivity contribution in [1.29, 1.82) is 5.26 Å². The summed E-state index contributed by atoms with van der Waals surface area (Å²) in [6.45, 7) is 11.7. The number of nitriles is 1. The summed E-state index contributed by atoms with van der Waals surface area (Å²) in [6, 6.07) is 22.9. The van der Waals surface area contributed by atoms with Gasteiger partial charge in [0.05, 0.1) is 45.4 Å². The van der Waals surface area contributed by atoms with E-state index in [1.807, 2.05) is 25.1 Å². The quantitative estimate of drug-likeness (QED) is 0.0784. The molecule has 0 unspecified atom stereocenters. The zero-order valence-electron chi connectivity index (χ0n) is 57.8. The Morgan fingerprint density at radius 1 is 0.402 bits per heavy atom. The van der Waals surface area contributed by atoms with Gasteiger partial charge in [0.1, 0.15) is 17.5 Å². The number of aryl methyl sites for hydroxylation is 3. The predicted octanol–water partition coefficient (Wildman–Crippen LogP) is 13.7. The third-order valence-corrected chi connectivity index (χ3v) is 22.5. The van der Waals surface area contributed by atoms with Crippen molar-refractivity contribution in [3.05, 3.63) is 122 Å². The number of halogens is 7. The molecule has 6 saturated heterocycles. The third kappa shape index (κ3) is 17.3. The number of alkyl halides is 6. The van der Waals surface area contributed by atoms with E-state index < -0.39 is 23.7 Å². The summed E-state index contributed by atoms with van der Waals surface area (Å²) in [5.41, 5.74) is 13.7. The van der Waals surface area contributed by atoms with E-state index in [1.54, 1.807) is 83.1 Å². The molecule has 0 radical (unpaired) electrons. The van der Waals surface area contributed by atoms with Crippen molar-refractivity contribution in [2.75, 3.05) is 124 Å². The summed E-state index contributed by atoms with van der Waals surface area (Å²) < 4.78 is 82.3. The molecule has 0 bridgehead atoms. The van der Waals surface area contributed by atoms with E-state index in [2.05, 4.69) is 82.6 Å². The van der Waals surface area contributed by atoms with Crippen LogP contribution >= 0.6 is 15.9 Å². The summed E-state index contributed by atoms with van der Waals surface area (Å²) in [6.07, 6.45) is 13.0. The standard InChI is InChI=1S/C25H30F2N6O2.C25H28F2N6O.C24H28BrF2N5O/c1-16-14-20(31-23(29-16)33-12-8-25(26,27)9-13-33)30-22(35)18-3-2-17(21(28)34)15-19(18)32-10-6-24(4-5-24)7-11-32;1-17-14-21(31-23(29-17)33-12-8-25(26,27)9-13-33)30-22(34)19-3-2-18(16-28)15-20(19)32-10-6-24(4-5-24)7-11-32;1-16-14-20(30-22(28-16)32-12-8-24(26,27)9-13-32)29-21(33)18-3-2-17(25)15-19(18)31-10-6-23(4-5-23)7-11-31/h2-3,14-15H,4-13H2,1H3,(H2,28,34)(H,29,30,31,35);2-3,14-15H,4-13H2,1H3,(H,29,30,31,34);2-3,14-15H,4-13H2,1H3,(H,28,29,30,33). The molecule has 5 N–H and O–H groups in total. The molecular formula is C74H86BrF6N17O4. The van der Waals surface area contributed by atoms with E-state index in [0.717, 1.165) is 80.8 Å². The molecule has 540 valence electrons. The monoisotopic (exact) mass is 1470 g/mol. The Morgan fingerprint density at radius 2 is 0.696 bits per heavy atom. The van der Waals surface area contributed by atoms with Crippen LogP contribution in [0.5, 0.6) is 0 Å². The van der Waals surface area contributed by atoms with Gasteiger partial charge in [-0.05, 0) is 169 Å². The van der Waals surface area contributed by atoms with Crippen molar-refractivity contribution < 1.29 is 45.5 Å². The second-order valence-corrected chi connectivity index (χ2v) is 30.5. The van der Waals surface area contributed by atoms with Gasteiger partial charge in [0.15, 0.2) is 0 Å². The van der Waals surface area contributed by atoms with Gasteiger partial charge in [-0.1, -0.05) is 15.9 Å². The number of hydrogen-bond acceptors (Lipinski definition) is 17. The van der Waals surface area contributed by atoms with Crippen molar-refractivity contribution >= 4 is 91.9 Å². The zero-order valence-corrected chi connectivity index (χ0v) is 59.4. The van der Waals surface area contributed by atoms with Gasteiger partial charge in [0.25, 0.3) is 35.5 Å². The molecule has 6 aromatic rings. The minimum Gasteiger partial charge on any atom is -0.371 e. The number of carbonyl (C=O) groups excluding carboxylic acids is 4. The first-order valence-corrected chi connectivity index (χ1v) is 36.3. The Balaban J connectivity index is 0.000000137. The van der Waals surface area contributed by atoms with E-state index in [4.69, 9.17) is 5.73 Å². The molecule has 9 heterocycles. The van der Waals surface area contributed by atoms with E-state index in [-0.39, 0.29) is 95.5 Å². The van der Waals surface area contributed by atoms with E-state index in [0.29, 0.717) is 102 Å². The molecule has 3 aliphatic carbocycles. The van der Waals surface area contributed by atoms with Crippen LogP contribution in [0.3, 0.4) is 0 Å². The van der Waals surface area contributed by atoms with E-state index in [9.17, 15) is 50.8 Å². The smallest absolute Gasteiger partial charge is 0.258 e. The Morgan fingerprint density at radius 3 is 1.01 bits per heavy atom. The van der Waals surface area contributed by atoms with Crippen molar-refractivity contribution in [3.8, 4) is 6.07 Å². The summed E-state index contributed by atoms with van der Waals surface area (Å²) in [5, 5.41) is 18.0. The topological polar surface area (TPSA) is 251 Å². The number of nitrogens with zero attached hydrogens (tertiary/aromatic N) is 13. The Labute approximate surface area is 597 Å². The van der Waals surface area contributed by atoms with Gasteiger partial charge < -0.3 is 51.1 Å². The molecule has 15 rings (SSSR count). The van der Waals surface area contributed by atoms with Gasteiger partial charge >= 0.3 is 0 Å². The highest BCUT2D eigenvalue weighted by molar-refractivity contribution is 9.10. The normalized spacial score (nSPS) is 20.8. The molecule has 3 aromatic heterocycles. The highest BCUT2D eigenvalue weighted by atomic mass is 79.9. The van der Waals surface area contributed by atoms with Crippen molar-refractivity contribution in [3.63, 3.8) is 0 Å². The Kier molecular flexibility index (Phi) is 20.2. The number of rotatable bonds is 13. The number of primary amides is 1. The number of anilines is 9. The van der Waals surface area contributed by atoms with Crippen LogP contribution in [0, 0.1) is 48.3 Å². The van der Waals surface area contributed by atoms with Gasteiger partial charge in [-0.2, -0.15) is 20.2 Å². The van der Waals surface area contributed by atoms with Crippen LogP contribution in [0.2, 0.25) is 0 Å². The lowest BCUT2D eigenvalue weighted by molar-refractivity contribution is -0.0229. The van der Waals surface area contributed by atoms with Gasteiger partial charge in [0.2, 0.25) is 23.8 Å². The molecule has 0 atom stereocenters. The maximum Gasteiger partial charge on any atom is 0.258 e. The van der Waals surface area contributed by atoms with Crippen LogP contribution < -0.4 is 51.1 Å². The van der Waals surface area contributed by atoms with Gasteiger partial charge in [-0.3, -0.25) is 19.2 Å². The first kappa shape index (κ1) is 71.5. The number of piperidine rings is 6. The van der Waals surface area contributed by atoms with Crippen molar-refractivity contribution in [2.24, 2.45) is 22.0 Å². The van der Waals surface area contributed by atoms with Crippen LogP contribution in [-0.2, 0) is 0 Å². The van der Waals surface area contributed by atoms with Crippen molar-refractivity contribution in [1.82, 2.24) is 29.9 Å². The molecule has 3 aromatic carbocycles. The fourth-order valence-electron chi connectivity index (χ4n) is 14.8. The highest BCUT2D eigenvalue weighted by Crippen LogP contribution is 2.56. The average molecular weight is 1470 g/mol. The fourth-order valence-corrected chi connectivity index (χ4v) is 15.1. The molecule has 3 saturated carbocycles. The maximum absolute atomic E-state index is 13.6. The number of hydrogen-bond donors (Lipinski definition) is 4. The highest BCUT2D eigenvalue weighted by Gasteiger charge is 2.47. The maximum atomic E-state index is 13.6. The molecule has 21 nitrogen and oxygen atoms in total. The first-order valence-electron chi connectivity index (χ1n) is 35.5.